The fraction of sp³-hybridized carbons (Fsp3) is 0.188. The van der Waals surface area contributed by atoms with Crippen molar-refractivity contribution in [2.24, 2.45) is 0 Å². The summed E-state index contributed by atoms with van der Waals surface area (Å²) in [5, 5.41) is 8.38. The van der Waals surface area contributed by atoms with Crippen LogP contribution in [0.4, 0.5) is 0 Å². The molecule has 0 aliphatic carbocycles. The first-order chi connectivity index (χ1) is 8.49. The lowest BCUT2D eigenvalue weighted by atomic mass is 10.1. The van der Waals surface area contributed by atoms with Gasteiger partial charge in [-0.2, -0.15) is 0 Å². The summed E-state index contributed by atoms with van der Waals surface area (Å²) in [6.45, 7) is 6.38. The van der Waals surface area contributed by atoms with Crippen LogP contribution in [-0.2, 0) is 0 Å². The van der Waals surface area contributed by atoms with Crippen molar-refractivity contribution < 1.29 is 9.90 Å². The third-order valence-electron chi connectivity index (χ3n) is 2.39. The minimum atomic E-state index is -0.879. The largest absolute Gasteiger partial charge is 0.478 e. The minimum Gasteiger partial charge on any atom is -0.478 e. The van der Waals surface area contributed by atoms with E-state index >= 15 is 0 Å². The average Bonchev–Trinajstić information content (AvgIpc) is 2.29. The Labute approximate surface area is 108 Å². The van der Waals surface area contributed by atoms with Gasteiger partial charge in [0.15, 0.2) is 0 Å². The van der Waals surface area contributed by atoms with Crippen molar-refractivity contribution in [1.29, 1.82) is 0 Å². The Morgan fingerprint density at radius 1 is 0.833 bits per heavy atom. The standard InChI is InChI=1S/C9H12.C7H6O2/c1-7-4-8(2)6-9(3)5-7;8-7(9)6-4-2-1-3-5-6/h4-6H,1-3H3;1-5H,(H,8,9). The molecular weight excluding hydrogens is 224 g/mol. The number of aryl methyl sites for hydroxylation is 3. The Morgan fingerprint density at radius 2 is 1.22 bits per heavy atom. The Kier molecular flexibility index (Phi) is 5.12. The first-order valence-corrected chi connectivity index (χ1v) is 5.82. The molecule has 1 N–H and O–H groups in total. The lowest BCUT2D eigenvalue weighted by Crippen LogP contribution is -1.93. The molecule has 0 saturated heterocycles. The molecule has 2 nitrogen and oxygen atoms in total. The molecule has 0 amide bonds. The summed E-state index contributed by atoms with van der Waals surface area (Å²) >= 11 is 0. The van der Waals surface area contributed by atoms with Crippen LogP contribution in [0.15, 0.2) is 48.5 Å². The molecule has 2 aromatic rings. The quantitative estimate of drug-likeness (QED) is 0.820. The van der Waals surface area contributed by atoms with E-state index in [2.05, 4.69) is 39.0 Å². The number of hydrogen-bond donors (Lipinski definition) is 1. The number of carbonyl (C=O) groups is 1. The maximum Gasteiger partial charge on any atom is 0.335 e. The molecule has 0 atom stereocenters. The fourth-order valence-corrected chi connectivity index (χ4v) is 1.78. The van der Waals surface area contributed by atoms with Crippen LogP contribution in [0.25, 0.3) is 0 Å². The normalized spacial score (nSPS) is 9.28. The Bertz CT molecular complexity index is 465. The Balaban J connectivity index is 0.000000180. The second-order valence-electron chi connectivity index (χ2n) is 4.34. The van der Waals surface area contributed by atoms with Gasteiger partial charge in [-0.15, -0.1) is 0 Å². The summed E-state index contributed by atoms with van der Waals surface area (Å²) in [5.41, 5.74) is 4.39. The van der Waals surface area contributed by atoms with Crippen molar-refractivity contribution in [3.05, 3.63) is 70.8 Å². The zero-order chi connectivity index (χ0) is 13.5. The number of carboxylic acid groups (broad SMARTS) is 1. The van der Waals surface area contributed by atoms with Gasteiger partial charge in [-0.05, 0) is 32.9 Å². The van der Waals surface area contributed by atoms with E-state index in [0.717, 1.165) is 0 Å². The van der Waals surface area contributed by atoms with Crippen molar-refractivity contribution in [2.75, 3.05) is 0 Å². The molecule has 2 heteroatoms. The molecule has 0 fully saturated rings. The molecular formula is C16H18O2. The van der Waals surface area contributed by atoms with Gasteiger partial charge in [0.25, 0.3) is 0 Å². The molecule has 0 bridgehead atoms. The van der Waals surface area contributed by atoms with E-state index in [4.69, 9.17) is 5.11 Å². The summed E-state index contributed by atoms with van der Waals surface area (Å²) in [6.07, 6.45) is 0. The summed E-state index contributed by atoms with van der Waals surface area (Å²) in [7, 11) is 0. The van der Waals surface area contributed by atoms with Crippen LogP contribution in [0.3, 0.4) is 0 Å². The monoisotopic (exact) mass is 242 g/mol. The Hall–Kier alpha value is -2.09. The van der Waals surface area contributed by atoms with E-state index in [1.807, 2.05) is 0 Å². The molecule has 2 rings (SSSR count). The number of carboxylic acids is 1. The van der Waals surface area contributed by atoms with Gasteiger partial charge in [-0.25, -0.2) is 4.79 Å². The second-order valence-corrected chi connectivity index (χ2v) is 4.34. The van der Waals surface area contributed by atoms with Gasteiger partial charge in [0.1, 0.15) is 0 Å². The molecule has 0 spiro atoms. The molecule has 0 aliphatic heterocycles. The van der Waals surface area contributed by atoms with E-state index in [0.29, 0.717) is 5.56 Å². The van der Waals surface area contributed by atoms with Crippen molar-refractivity contribution >= 4 is 5.97 Å². The molecule has 0 heterocycles. The van der Waals surface area contributed by atoms with Crippen molar-refractivity contribution in [2.45, 2.75) is 20.8 Å². The van der Waals surface area contributed by atoms with Crippen LogP contribution in [0.5, 0.6) is 0 Å². The van der Waals surface area contributed by atoms with Crippen LogP contribution < -0.4 is 0 Å². The number of rotatable bonds is 1. The van der Waals surface area contributed by atoms with Gasteiger partial charge in [-0.1, -0.05) is 53.1 Å². The lowest BCUT2D eigenvalue weighted by molar-refractivity contribution is 0.0697. The summed E-state index contributed by atoms with van der Waals surface area (Å²) < 4.78 is 0. The molecule has 94 valence electrons. The van der Waals surface area contributed by atoms with Crippen molar-refractivity contribution in [3.63, 3.8) is 0 Å². The summed E-state index contributed by atoms with van der Waals surface area (Å²) in [6, 6.07) is 14.9. The predicted molar refractivity (Wildman–Crippen MR) is 74.1 cm³/mol. The van der Waals surface area contributed by atoms with Crippen LogP contribution >= 0.6 is 0 Å². The highest BCUT2D eigenvalue weighted by molar-refractivity contribution is 5.87. The highest BCUT2D eigenvalue weighted by atomic mass is 16.4. The average molecular weight is 242 g/mol. The first-order valence-electron chi connectivity index (χ1n) is 5.82. The van der Waals surface area contributed by atoms with Crippen LogP contribution in [0.1, 0.15) is 27.0 Å². The second kappa shape index (κ2) is 6.60. The third-order valence-corrected chi connectivity index (χ3v) is 2.39. The van der Waals surface area contributed by atoms with E-state index in [1.165, 1.54) is 16.7 Å². The van der Waals surface area contributed by atoms with E-state index in [9.17, 15) is 4.79 Å². The maximum absolute atomic E-state index is 10.2. The Morgan fingerprint density at radius 3 is 1.50 bits per heavy atom. The summed E-state index contributed by atoms with van der Waals surface area (Å²) in [4.78, 5) is 10.2. The molecule has 2 aromatic carbocycles. The van der Waals surface area contributed by atoms with Gasteiger partial charge >= 0.3 is 5.97 Å². The van der Waals surface area contributed by atoms with Crippen molar-refractivity contribution in [1.82, 2.24) is 0 Å². The van der Waals surface area contributed by atoms with E-state index < -0.39 is 5.97 Å². The van der Waals surface area contributed by atoms with Gasteiger partial charge in [0, 0.05) is 0 Å². The third kappa shape index (κ3) is 4.83. The predicted octanol–water partition coefficient (Wildman–Crippen LogP) is 4.00. The molecule has 0 aromatic heterocycles. The zero-order valence-electron chi connectivity index (χ0n) is 11.0. The van der Waals surface area contributed by atoms with Gasteiger partial charge in [-0.3, -0.25) is 0 Å². The SMILES string of the molecule is Cc1cc(C)cc(C)c1.O=C(O)c1ccccc1. The molecule has 0 aliphatic rings. The number of hydrogen-bond acceptors (Lipinski definition) is 1. The van der Waals surface area contributed by atoms with Crippen molar-refractivity contribution in [3.8, 4) is 0 Å². The van der Waals surface area contributed by atoms with Gasteiger partial charge in [0.05, 0.1) is 5.56 Å². The van der Waals surface area contributed by atoms with Crippen LogP contribution in [-0.4, -0.2) is 11.1 Å². The highest BCUT2D eigenvalue weighted by Gasteiger charge is 1.96. The van der Waals surface area contributed by atoms with Gasteiger partial charge < -0.3 is 5.11 Å². The van der Waals surface area contributed by atoms with Crippen LogP contribution in [0.2, 0.25) is 0 Å². The van der Waals surface area contributed by atoms with E-state index in [-0.39, 0.29) is 0 Å². The number of benzene rings is 2. The smallest absolute Gasteiger partial charge is 0.335 e. The molecule has 0 saturated carbocycles. The lowest BCUT2D eigenvalue weighted by Gasteiger charge is -1.96. The zero-order valence-corrected chi connectivity index (χ0v) is 11.0. The highest BCUT2D eigenvalue weighted by Crippen LogP contribution is 2.06. The topological polar surface area (TPSA) is 37.3 Å². The number of aromatic carboxylic acids is 1. The molecule has 0 unspecified atom stereocenters. The van der Waals surface area contributed by atoms with E-state index in [1.54, 1.807) is 30.3 Å². The summed E-state index contributed by atoms with van der Waals surface area (Å²) in [5.74, 6) is -0.879. The minimum absolute atomic E-state index is 0.331. The van der Waals surface area contributed by atoms with Gasteiger partial charge in [0.2, 0.25) is 0 Å². The molecule has 0 radical (unpaired) electrons. The fourth-order valence-electron chi connectivity index (χ4n) is 1.78. The first kappa shape index (κ1) is 14.0. The van der Waals surface area contributed by atoms with Crippen LogP contribution in [0, 0.1) is 20.8 Å². The molecule has 18 heavy (non-hydrogen) atoms. The maximum atomic E-state index is 10.2.